The minimum Gasteiger partial charge on any atom is -0.481 e. The van der Waals surface area contributed by atoms with Gasteiger partial charge in [0.2, 0.25) is 0 Å². The van der Waals surface area contributed by atoms with Gasteiger partial charge in [0.1, 0.15) is 0 Å². The molecule has 2 atom stereocenters. The summed E-state index contributed by atoms with van der Waals surface area (Å²) < 4.78 is 39.9. The SMILES string of the molecule is Cc1cccc(C(c2cc(C(F)(F)F)ccc2Cl)N2CCCC(C(=O)O)C2)n1. The molecule has 1 aromatic carbocycles. The maximum absolute atomic E-state index is 13.3. The van der Waals surface area contributed by atoms with Gasteiger partial charge < -0.3 is 5.11 Å². The average Bonchev–Trinajstić information content (AvgIpc) is 2.63. The normalized spacial score (nSPS) is 19.4. The van der Waals surface area contributed by atoms with Crippen molar-refractivity contribution in [2.75, 3.05) is 13.1 Å². The van der Waals surface area contributed by atoms with Crippen LogP contribution in [0.5, 0.6) is 0 Å². The molecule has 0 spiro atoms. The zero-order chi connectivity index (χ0) is 20.5. The molecule has 3 rings (SSSR count). The number of benzene rings is 1. The molecule has 0 bridgehead atoms. The van der Waals surface area contributed by atoms with Crippen molar-refractivity contribution in [3.8, 4) is 0 Å². The third-order valence-electron chi connectivity index (χ3n) is 4.98. The molecule has 0 saturated carbocycles. The Morgan fingerprint density at radius 2 is 2.07 bits per heavy atom. The molecule has 8 heteroatoms. The third kappa shape index (κ3) is 4.47. The van der Waals surface area contributed by atoms with E-state index in [9.17, 15) is 23.1 Å². The van der Waals surface area contributed by atoms with Crippen molar-refractivity contribution in [3.63, 3.8) is 0 Å². The second-order valence-electron chi connectivity index (χ2n) is 7.01. The second kappa shape index (κ2) is 8.09. The lowest BCUT2D eigenvalue weighted by Gasteiger charge is -2.37. The number of alkyl halides is 3. The predicted molar refractivity (Wildman–Crippen MR) is 99.2 cm³/mol. The number of aryl methyl sites for hydroxylation is 1. The van der Waals surface area contributed by atoms with Gasteiger partial charge in [0.05, 0.1) is 23.2 Å². The molecule has 2 aromatic rings. The number of pyridine rings is 1. The Balaban J connectivity index is 2.11. The first-order valence-electron chi connectivity index (χ1n) is 8.94. The number of hydrogen-bond donors (Lipinski definition) is 1. The van der Waals surface area contributed by atoms with E-state index in [0.29, 0.717) is 25.1 Å². The molecule has 2 heterocycles. The Morgan fingerprint density at radius 1 is 1.32 bits per heavy atom. The first-order valence-corrected chi connectivity index (χ1v) is 9.31. The summed E-state index contributed by atoms with van der Waals surface area (Å²) in [5, 5.41) is 9.60. The number of carboxylic acid groups (broad SMARTS) is 1. The summed E-state index contributed by atoms with van der Waals surface area (Å²) >= 11 is 6.31. The summed E-state index contributed by atoms with van der Waals surface area (Å²) in [5.74, 6) is -1.48. The van der Waals surface area contributed by atoms with Crippen molar-refractivity contribution in [2.24, 2.45) is 5.92 Å². The Hall–Kier alpha value is -2.12. The van der Waals surface area contributed by atoms with Crippen LogP contribution in [0.2, 0.25) is 5.02 Å². The Morgan fingerprint density at radius 3 is 2.71 bits per heavy atom. The smallest absolute Gasteiger partial charge is 0.416 e. The van der Waals surface area contributed by atoms with Crippen LogP contribution in [-0.4, -0.2) is 34.0 Å². The van der Waals surface area contributed by atoms with Crippen LogP contribution in [0.1, 0.15) is 41.4 Å². The van der Waals surface area contributed by atoms with Crippen LogP contribution >= 0.6 is 11.6 Å². The van der Waals surface area contributed by atoms with Crippen molar-refractivity contribution in [3.05, 3.63) is 63.9 Å². The number of halogens is 4. The van der Waals surface area contributed by atoms with E-state index < -0.39 is 29.7 Å². The zero-order valence-corrected chi connectivity index (χ0v) is 16.0. The van der Waals surface area contributed by atoms with Crippen molar-refractivity contribution in [2.45, 2.75) is 32.0 Å². The highest BCUT2D eigenvalue weighted by Crippen LogP contribution is 2.39. The second-order valence-corrected chi connectivity index (χ2v) is 7.42. The Labute approximate surface area is 166 Å². The molecule has 4 nitrogen and oxygen atoms in total. The molecule has 1 aliphatic heterocycles. The molecule has 1 aromatic heterocycles. The van der Waals surface area contributed by atoms with Gasteiger partial charge in [-0.1, -0.05) is 17.7 Å². The molecule has 0 radical (unpaired) electrons. The van der Waals surface area contributed by atoms with E-state index in [1.165, 1.54) is 6.07 Å². The fourth-order valence-electron chi connectivity index (χ4n) is 3.63. The van der Waals surface area contributed by atoms with E-state index in [1.54, 1.807) is 25.1 Å². The van der Waals surface area contributed by atoms with E-state index >= 15 is 0 Å². The lowest BCUT2D eigenvalue weighted by atomic mass is 9.92. The minimum atomic E-state index is -4.50. The van der Waals surface area contributed by atoms with Gasteiger partial charge in [-0.3, -0.25) is 14.7 Å². The predicted octanol–water partition coefficient (Wildman–Crippen LogP) is 4.95. The van der Waals surface area contributed by atoms with E-state index in [0.717, 1.165) is 17.8 Å². The van der Waals surface area contributed by atoms with Gasteiger partial charge in [-0.25, -0.2) is 0 Å². The van der Waals surface area contributed by atoms with Crippen LogP contribution in [0.15, 0.2) is 36.4 Å². The molecule has 1 fully saturated rings. The van der Waals surface area contributed by atoms with E-state index in [-0.39, 0.29) is 17.1 Å². The lowest BCUT2D eigenvalue weighted by molar-refractivity contribution is -0.143. The average molecular weight is 413 g/mol. The van der Waals surface area contributed by atoms with E-state index in [4.69, 9.17) is 11.6 Å². The van der Waals surface area contributed by atoms with Gasteiger partial charge in [0.15, 0.2) is 0 Å². The number of nitrogens with zero attached hydrogens (tertiary/aromatic N) is 2. The van der Waals surface area contributed by atoms with Crippen LogP contribution in [-0.2, 0) is 11.0 Å². The van der Waals surface area contributed by atoms with Crippen molar-refractivity contribution < 1.29 is 23.1 Å². The number of carboxylic acids is 1. The largest absolute Gasteiger partial charge is 0.481 e. The van der Waals surface area contributed by atoms with Gasteiger partial charge in [-0.2, -0.15) is 13.2 Å². The summed E-state index contributed by atoms with van der Waals surface area (Å²) in [6.07, 6.45) is -3.33. The summed E-state index contributed by atoms with van der Waals surface area (Å²) in [4.78, 5) is 17.9. The van der Waals surface area contributed by atoms with Gasteiger partial charge in [0.25, 0.3) is 0 Å². The number of hydrogen-bond acceptors (Lipinski definition) is 3. The standard InChI is InChI=1S/C20H20ClF3N2O2/c1-12-4-2-6-17(25-12)18(26-9-3-5-13(11-26)19(27)28)15-10-14(20(22,23)24)7-8-16(15)21/h2,4,6-8,10,13,18H,3,5,9,11H2,1H3,(H,27,28). The molecule has 150 valence electrons. The highest BCUT2D eigenvalue weighted by atomic mass is 35.5. The maximum Gasteiger partial charge on any atom is 0.416 e. The number of rotatable bonds is 4. The Kier molecular flexibility index (Phi) is 5.95. The molecule has 1 saturated heterocycles. The third-order valence-corrected chi connectivity index (χ3v) is 5.32. The minimum absolute atomic E-state index is 0.193. The number of carbonyl (C=O) groups is 1. The monoisotopic (exact) mass is 412 g/mol. The van der Waals surface area contributed by atoms with Gasteiger partial charge in [0, 0.05) is 17.3 Å². The lowest BCUT2D eigenvalue weighted by Crippen LogP contribution is -2.41. The topological polar surface area (TPSA) is 53.4 Å². The zero-order valence-electron chi connectivity index (χ0n) is 15.2. The molecular weight excluding hydrogens is 393 g/mol. The van der Waals surface area contributed by atoms with Gasteiger partial charge >= 0.3 is 12.1 Å². The van der Waals surface area contributed by atoms with Crippen molar-refractivity contribution in [1.29, 1.82) is 0 Å². The summed E-state index contributed by atoms with van der Waals surface area (Å²) in [6, 6.07) is 7.89. The van der Waals surface area contributed by atoms with Gasteiger partial charge in [-0.05, 0) is 62.2 Å². The molecule has 1 N–H and O–H groups in total. The van der Waals surface area contributed by atoms with Crippen LogP contribution in [0.3, 0.4) is 0 Å². The van der Waals surface area contributed by atoms with E-state index in [1.807, 2.05) is 4.90 Å². The first-order chi connectivity index (χ1) is 13.2. The summed E-state index contributed by atoms with van der Waals surface area (Å²) in [7, 11) is 0. The molecule has 2 unspecified atom stereocenters. The summed E-state index contributed by atoms with van der Waals surface area (Å²) in [5.41, 5.74) is 0.752. The van der Waals surface area contributed by atoms with Gasteiger partial charge in [-0.15, -0.1) is 0 Å². The highest BCUT2D eigenvalue weighted by Gasteiger charge is 2.36. The molecular formula is C20H20ClF3N2O2. The molecule has 1 aliphatic rings. The highest BCUT2D eigenvalue weighted by molar-refractivity contribution is 6.31. The van der Waals surface area contributed by atoms with Crippen LogP contribution in [0.25, 0.3) is 0 Å². The number of aromatic nitrogens is 1. The fraction of sp³-hybridized carbons (Fsp3) is 0.400. The number of aliphatic carboxylic acids is 1. The fourth-order valence-corrected chi connectivity index (χ4v) is 3.85. The first kappa shape index (κ1) is 20.6. The van der Waals surface area contributed by atoms with Crippen molar-refractivity contribution in [1.82, 2.24) is 9.88 Å². The molecule has 0 aliphatic carbocycles. The van der Waals surface area contributed by atoms with Crippen LogP contribution in [0, 0.1) is 12.8 Å². The van der Waals surface area contributed by atoms with Crippen molar-refractivity contribution >= 4 is 17.6 Å². The van der Waals surface area contributed by atoms with E-state index in [2.05, 4.69) is 4.98 Å². The van der Waals surface area contributed by atoms with Crippen LogP contribution < -0.4 is 0 Å². The molecule has 28 heavy (non-hydrogen) atoms. The Bertz CT molecular complexity index is 873. The number of likely N-dealkylation sites (tertiary alicyclic amines) is 1. The summed E-state index contributed by atoms with van der Waals surface area (Å²) in [6.45, 7) is 2.57. The maximum atomic E-state index is 13.3. The number of piperidine rings is 1. The van der Waals surface area contributed by atoms with Crippen LogP contribution in [0.4, 0.5) is 13.2 Å². The molecule has 0 amide bonds. The quantitative estimate of drug-likeness (QED) is 0.772.